The number of ether oxygens (including phenoxy) is 1. The third-order valence-corrected chi connectivity index (χ3v) is 6.08. The Morgan fingerprint density at radius 2 is 1.91 bits per heavy atom. The Hall–Kier alpha value is -3.52. The number of nitrogens with zero attached hydrogens (tertiary/aromatic N) is 5. The molecular weight excluding hydrogens is 418 g/mol. The van der Waals surface area contributed by atoms with Crippen LogP contribution >= 0.6 is 0 Å². The van der Waals surface area contributed by atoms with Gasteiger partial charge in [-0.1, -0.05) is 24.3 Å². The van der Waals surface area contributed by atoms with Gasteiger partial charge >= 0.3 is 0 Å². The highest BCUT2D eigenvalue weighted by Gasteiger charge is 2.31. The van der Waals surface area contributed by atoms with Gasteiger partial charge in [0.25, 0.3) is 0 Å². The Labute approximate surface area is 193 Å². The summed E-state index contributed by atoms with van der Waals surface area (Å²) in [6.07, 6.45) is 3.39. The molecule has 0 aliphatic carbocycles. The monoisotopic (exact) mass is 447 g/mol. The van der Waals surface area contributed by atoms with Crippen molar-refractivity contribution in [3.8, 4) is 5.69 Å². The van der Waals surface area contributed by atoms with E-state index in [2.05, 4.69) is 10.1 Å². The summed E-state index contributed by atoms with van der Waals surface area (Å²) in [6, 6.07) is 13.6. The second kappa shape index (κ2) is 9.95. The molecule has 3 aromatic rings. The Kier molecular flexibility index (Phi) is 6.84. The Bertz CT molecular complexity index is 1110. The van der Waals surface area contributed by atoms with Gasteiger partial charge in [-0.05, 0) is 37.6 Å². The molecule has 0 saturated carbocycles. The average Bonchev–Trinajstić information content (AvgIpc) is 3.00. The van der Waals surface area contributed by atoms with Crippen molar-refractivity contribution >= 4 is 11.8 Å². The molecule has 1 aliphatic heterocycles. The number of carbonyl (C=O) groups is 2. The summed E-state index contributed by atoms with van der Waals surface area (Å²) < 4.78 is 7.47. The molecule has 172 valence electrons. The van der Waals surface area contributed by atoms with Crippen LogP contribution in [0.15, 0.2) is 54.9 Å². The van der Waals surface area contributed by atoms with Gasteiger partial charge in [0.05, 0.1) is 30.5 Å². The number of para-hydroxylation sites is 1. The number of amides is 2. The molecular formula is C25H29N5O3. The third-order valence-electron chi connectivity index (χ3n) is 6.08. The van der Waals surface area contributed by atoms with Gasteiger partial charge in [0.1, 0.15) is 0 Å². The highest BCUT2D eigenvalue weighted by Crippen LogP contribution is 2.20. The zero-order chi connectivity index (χ0) is 23.4. The molecule has 0 unspecified atom stereocenters. The number of hydrogen-bond donors (Lipinski definition) is 0. The van der Waals surface area contributed by atoms with E-state index in [4.69, 9.17) is 4.74 Å². The molecule has 1 saturated heterocycles. The molecule has 33 heavy (non-hydrogen) atoms. The van der Waals surface area contributed by atoms with Crippen LogP contribution in [0.5, 0.6) is 0 Å². The summed E-state index contributed by atoms with van der Waals surface area (Å²) in [6.45, 7) is 5.15. The van der Waals surface area contributed by atoms with Crippen LogP contribution < -0.4 is 0 Å². The molecule has 0 N–H and O–H groups in total. The van der Waals surface area contributed by atoms with Gasteiger partial charge in [-0.15, -0.1) is 0 Å². The van der Waals surface area contributed by atoms with E-state index in [-0.39, 0.29) is 30.9 Å². The first-order valence-corrected chi connectivity index (χ1v) is 11.0. The summed E-state index contributed by atoms with van der Waals surface area (Å²) in [5, 5.41) is 4.64. The fourth-order valence-corrected chi connectivity index (χ4v) is 4.20. The lowest BCUT2D eigenvalue weighted by Gasteiger charge is -2.23. The van der Waals surface area contributed by atoms with Gasteiger partial charge in [-0.25, -0.2) is 4.68 Å². The van der Waals surface area contributed by atoms with Crippen LogP contribution in [0.2, 0.25) is 0 Å². The normalized spacial score (nSPS) is 16.7. The fraction of sp³-hybridized carbons (Fsp3) is 0.360. The Morgan fingerprint density at radius 3 is 2.61 bits per heavy atom. The van der Waals surface area contributed by atoms with Crippen molar-refractivity contribution in [2.24, 2.45) is 0 Å². The van der Waals surface area contributed by atoms with Crippen molar-refractivity contribution in [1.82, 2.24) is 24.6 Å². The first-order valence-electron chi connectivity index (χ1n) is 11.0. The maximum atomic E-state index is 13.3. The maximum Gasteiger partial charge on any atom is 0.242 e. The first kappa shape index (κ1) is 22.7. The van der Waals surface area contributed by atoms with E-state index in [0.717, 1.165) is 28.2 Å². The highest BCUT2D eigenvalue weighted by atomic mass is 16.5. The van der Waals surface area contributed by atoms with Crippen LogP contribution in [0, 0.1) is 13.8 Å². The number of carbonyl (C=O) groups excluding carboxylic acids is 2. The minimum Gasteiger partial charge on any atom is -0.378 e. The number of rotatable bonds is 6. The Morgan fingerprint density at radius 1 is 1.12 bits per heavy atom. The van der Waals surface area contributed by atoms with Crippen LogP contribution in [0.3, 0.4) is 0 Å². The summed E-state index contributed by atoms with van der Waals surface area (Å²) in [7, 11) is 1.61. The number of benzene rings is 1. The zero-order valence-electron chi connectivity index (χ0n) is 19.3. The van der Waals surface area contributed by atoms with E-state index >= 15 is 0 Å². The quantitative estimate of drug-likeness (QED) is 0.579. The van der Waals surface area contributed by atoms with Crippen LogP contribution in [-0.4, -0.2) is 69.2 Å². The Balaban J connectivity index is 1.50. The van der Waals surface area contributed by atoms with Gasteiger partial charge in [-0.2, -0.15) is 5.10 Å². The minimum atomic E-state index is -0.258. The van der Waals surface area contributed by atoms with E-state index < -0.39 is 0 Å². The zero-order valence-corrected chi connectivity index (χ0v) is 19.3. The standard InChI is InChI=1S/C25H29N5O3/c1-18-23(19(2)30(27-18)21-9-5-4-6-10-21)12-24(31)29-16-22(33-3)15-28(25(32)17-29)14-20-8-7-11-26-13-20/h4-11,13,22H,12,14-17H2,1-3H3/t22-/m0/s1. The molecule has 8 nitrogen and oxygen atoms in total. The topological polar surface area (TPSA) is 80.6 Å². The summed E-state index contributed by atoms with van der Waals surface area (Å²) in [4.78, 5) is 33.8. The van der Waals surface area contributed by atoms with E-state index in [1.807, 2.05) is 61.0 Å². The molecule has 2 aromatic heterocycles. The van der Waals surface area contributed by atoms with Crippen molar-refractivity contribution in [1.29, 1.82) is 0 Å². The second-order valence-corrected chi connectivity index (χ2v) is 8.34. The predicted molar refractivity (Wildman–Crippen MR) is 124 cm³/mol. The lowest BCUT2D eigenvalue weighted by molar-refractivity contribution is -0.138. The van der Waals surface area contributed by atoms with Crippen LogP contribution in [0.25, 0.3) is 5.69 Å². The fourth-order valence-electron chi connectivity index (χ4n) is 4.20. The van der Waals surface area contributed by atoms with Gasteiger partial charge in [0.15, 0.2) is 0 Å². The molecule has 0 bridgehead atoms. The second-order valence-electron chi connectivity index (χ2n) is 8.34. The molecule has 3 heterocycles. The summed E-state index contributed by atoms with van der Waals surface area (Å²) >= 11 is 0. The van der Waals surface area contributed by atoms with Crippen molar-refractivity contribution in [2.45, 2.75) is 32.9 Å². The predicted octanol–water partition coefficient (Wildman–Crippen LogP) is 2.31. The molecule has 0 spiro atoms. The van der Waals surface area contributed by atoms with Crippen molar-refractivity contribution in [3.63, 3.8) is 0 Å². The smallest absolute Gasteiger partial charge is 0.242 e. The van der Waals surface area contributed by atoms with Crippen molar-refractivity contribution in [2.75, 3.05) is 26.7 Å². The molecule has 1 aliphatic rings. The number of aryl methyl sites for hydroxylation is 1. The lowest BCUT2D eigenvalue weighted by Crippen LogP contribution is -2.40. The minimum absolute atomic E-state index is 0.0316. The van der Waals surface area contributed by atoms with E-state index in [1.54, 1.807) is 29.3 Å². The summed E-state index contributed by atoms with van der Waals surface area (Å²) in [5.74, 6) is -0.201. The van der Waals surface area contributed by atoms with Gasteiger partial charge in [0.2, 0.25) is 11.8 Å². The highest BCUT2D eigenvalue weighted by molar-refractivity contribution is 5.86. The van der Waals surface area contributed by atoms with E-state index in [9.17, 15) is 9.59 Å². The molecule has 1 fully saturated rings. The number of hydrogen-bond acceptors (Lipinski definition) is 5. The van der Waals surface area contributed by atoms with E-state index in [0.29, 0.717) is 19.6 Å². The van der Waals surface area contributed by atoms with Crippen LogP contribution in [0.4, 0.5) is 0 Å². The van der Waals surface area contributed by atoms with Gasteiger partial charge in [-0.3, -0.25) is 14.6 Å². The van der Waals surface area contributed by atoms with Crippen LogP contribution in [-0.2, 0) is 27.3 Å². The van der Waals surface area contributed by atoms with Gasteiger partial charge < -0.3 is 14.5 Å². The van der Waals surface area contributed by atoms with E-state index in [1.165, 1.54) is 0 Å². The average molecular weight is 448 g/mol. The molecule has 1 atom stereocenters. The maximum absolute atomic E-state index is 13.3. The lowest BCUT2D eigenvalue weighted by atomic mass is 10.1. The molecule has 4 rings (SSSR count). The van der Waals surface area contributed by atoms with Crippen LogP contribution in [0.1, 0.15) is 22.5 Å². The van der Waals surface area contributed by atoms with Crippen molar-refractivity contribution < 1.29 is 14.3 Å². The summed E-state index contributed by atoms with van der Waals surface area (Å²) in [5.41, 5.74) is 4.52. The first-order chi connectivity index (χ1) is 16.0. The number of pyridine rings is 1. The third kappa shape index (κ3) is 5.12. The van der Waals surface area contributed by atoms with Crippen molar-refractivity contribution in [3.05, 3.63) is 77.4 Å². The molecule has 0 radical (unpaired) electrons. The molecule has 1 aromatic carbocycles. The van der Waals surface area contributed by atoms with Gasteiger partial charge in [0, 0.05) is 50.4 Å². The molecule has 2 amide bonds. The molecule has 8 heteroatoms. The number of methoxy groups -OCH3 is 1. The largest absolute Gasteiger partial charge is 0.378 e. The number of aromatic nitrogens is 3. The SMILES string of the molecule is CO[C@@H]1CN(C(=O)Cc2c(C)nn(-c3ccccc3)c2C)CC(=O)N(Cc2cccnc2)C1.